The minimum Gasteiger partial charge on any atom is -0.436 e. The van der Waals surface area contributed by atoms with Crippen molar-refractivity contribution in [1.82, 2.24) is 4.98 Å². The maximum atomic E-state index is 11.8. The van der Waals surface area contributed by atoms with Gasteiger partial charge in [-0.2, -0.15) is 0 Å². The standard InChI is InChI=1S/C24H19N3O3/c1-16(25)27-30-24(28)20-14-10-18(11-15-20)7-6-17-8-12-19(13-9-17)23-26-21-4-2-3-5-22(21)29-23/h2-15H,1H3,(H2,25,27). The van der Waals surface area contributed by atoms with E-state index in [0.29, 0.717) is 11.5 Å². The van der Waals surface area contributed by atoms with Gasteiger partial charge in [-0.3, -0.25) is 0 Å². The molecule has 0 radical (unpaired) electrons. The summed E-state index contributed by atoms with van der Waals surface area (Å²) in [5, 5.41) is 3.46. The van der Waals surface area contributed by atoms with Crippen molar-refractivity contribution < 1.29 is 14.0 Å². The molecule has 3 aromatic carbocycles. The molecular formula is C24H19N3O3. The second kappa shape index (κ2) is 8.45. The monoisotopic (exact) mass is 397 g/mol. The highest BCUT2D eigenvalue weighted by molar-refractivity contribution is 5.90. The first-order valence-corrected chi connectivity index (χ1v) is 9.34. The number of fused-ring (bicyclic) bond motifs is 1. The van der Waals surface area contributed by atoms with Crippen LogP contribution in [0.1, 0.15) is 28.4 Å². The molecule has 0 fully saturated rings. The summed E-state index contributed by atoms with van der Waals surface area (Å²) >= 11 is 0. The fraction of sp³-hybridized carbons (Fsp3) is 0.0417. The van der Waals surface area contributed by atoms with Crippen molar-refractivity contribution in [1.29, 1.82) is 0 Å². The predicted molar refractivity (Wildman–Crippen MR) is 118 cm³/mol. The first-order valence-electron chi connectivity index (χ1n) is 9.34. The number of hydrogen-bond donors (Lipinski definition) is 1. The highest BCUT2D eigenvalue weighted by Gasteiger charge is 2.08. The summed E-state index contributed by atoms with van der Waals surface area (Å²) in [4.78, 5) is 21.1. The second-order valence-electron chi connectivity index (χ2n) is 6.68. The fourth-order valence-corrected chi connectivity index (χ4v) is 2.82. The Bertz CT molecular complexity index is 1200. The van der Waals surface area contributed by atoms with Crippen molar-refractivity contribution in [3.05, 3.63) is 89.5 Å². The van der Waals surface area contributed by atoms with E-state index in [1.54, 1.807) is 19.1 Å². The van der Waals surface area contributed by atoms with Crippen molar-refractivity contribution in [2.24, 2.45) is 10.9 Å². The summed E-state index contributed by atoms with van der Waals surface area (Å²) in [6, 6.07) is 22.7. The third kappa shape index (κ3) is 4.44. The Kier molecular flexibility index (Phi) is 5.39. The van der Waals surface area contributed by atoms with E-state index in [9.17, 15) is 4.79 Å². The zero-order valence-electron chi connectivity index (χ0n) is 16.3. The lowest BCUT2D eigenvalue weighted by molar-refractivity contribution is 0.0515. The van der Waals surface area contributed by atoms with Gasteiger partial charge in [-0.15, -0.1) is 0 Å². The average Bonchev–Trinajstić information content (AvgIpc) is 3.21. The Hall–Kier alpha value is -4.19. The van der Waals surface area contributed by atoms with Crippen LogP contribution in [-0.4, -0.2) is 16.8 Å². The number of oxime groups is 1. The molecule has 30 heavy (non-hydrogen) atoms. The number of nitrogens with zero attached hydrogens (tertiary/aromatic N) is 2. The van der Waals surface area contributed by atoms with Gasteiger partial charge in [-0.05, 0) is 54.4 Å². The summed E-state index contributed by atoms with van der Waals surface area (Å²) in [6.45, 7) is 1.54. The van der Waals surface area contributed by atoms with Crippen LogP contribution >= 0.6 is 0 Å². The van der Waals surface area contributed by atoms with Crippen molar-refractivity contribution in [3.63, 3.8) is 0 Å². The number of hydrogen-bond acceptors (Lipinski definition) is 5. The van der Waals surface area contributed by atoms with Gasteiger partial charge in [0.1, 0.15) is 11.4 Å². The van der Waals surface area contributed by atoms with E-state index in [2.05, 4.69) is 10.1 Å². The lowest BCUT2D eigenvalue weighted by atomic mass is 10.1. The molecule has 0 spiro atoms. The van der Waals surface area contributed by atoms with Gasteiger partial charge in [0, 0.05) is 5.56 Å². The van der Waals surface area contributed by atoms with E-state index in [4.69, 9.17) is 15.0 Å². The predicted octanol–water partition coefficient (Wildman–Crippen LogP) is 5.11. The van der Waals surface area contributed by atoms with Crippen molar-refractivity contribution >= 4 is 35.1 Å². The number of oxazole rings is 1. The summed E-state index contributed by atoms with van der Waals surface area (Å²) in [5.74, 6) is 0.235. The van der Waals surface area contributed by atoms with E-state index >= 15 is 0 Å². The summed E-state index contributed by atoms with van der Waals surface area (Å²) in [6.07, 6.45) is 3.96. The van der Waals surface area contributed by atoms with Crippen molar-refractivity contribution in [2.45, 2.75) is 6.92 Å². The minimum atomic E-state index is -0.551. The topological polar surface area (TPSA) is 90.7 Å². The molecule has 0 atom stereocenters. The molecular weight excluding hydrogens is 378 g/mol. The van der Waals surface area contributed by atoms with Crippen LogP contribution in [0.4, 0.5) is 0 Å². The largest absolute Gasteiger partial charge is 0.436 e. The molecule has 0 saturated carbocycles. The number of carbonyl (C=O) groups is 1. The highest BCUT2D eigenvalue weighted by Crippen LogP contribution is 2.24. The van der Waals surface area contributed by atoms with Crippen molar-refractivity contribution in [3.8, 4) is 11.5 Å². The molecule has 0 aliphatic carbocycles. The third-order valence-electron chi connectivity index (χ3n) is 4.34. The molecule has 0 unspecified atom stereocenters. The lowest BCUT2D eigenvalue weighted by Crippen LogP contribution is -2.09. The van der Waals surface area contributed by atoms with Crippen LogP contribution in [0.15, 0.2) is 82.4 Å². The van der Waals surface area contributed by atoms with Crippen LogP contribution < -0.4 is 5.73 Å². The Balaban J connectivity index is 1.44. The number of para-hydroxylation sites is 2. The molecule has 0 saturated heterocycles. The van der Waals surface area contributed by atoms with Crippen LogP contribution in [0.25, 0.3) is 34.7 Å². The fourth-order valence-electron chi connectivity index (χ4n) is 2.82. The Morgan fingerprint density at radius 2 is 1.60 bits per heavy atom. The number of aromatic nitrogens is 1. The molecule has 6 nitrogen and oxygen atoms in total. The molecule has 0 aliphatic heterocycles. The van der Waals surface area contributed by atoms with Gasteiger partial charge in [0.25, 0.3) is 0 Å². The number of benzene rings is 3. The molecule has 1 aromatic heterocycles. The minimum absolute atomic E-state index is 0.185. The molecule has 4 rings (SSSR count). The molecule has 6 heteroatoms. The summed E-state index contributed by atoms with van der Waals surface area (Å²) < 4.78 is 5.80. The zero-order chi connectivity index (χ0) is 20.9. The Labute approximate surface area is 173 Å². The SMILES string of the molecule is CC(N)=NOC(=O)c1ccc(C=Cc2ccc(-c3nc4ccccc4o3)cc2)cc1. The van der Waals surface area contributed by atoms with E-state index < -0.39 is 5.97 Å². The van der Waals surface area contributed by atoms with Crippen LogP contribution in [0.2, 0.25) is 0 Å². The molecule has 4 aromatic rings. The number of rotatable bonds is 5. The van der Waals surface area contributed by atoms with Crippen molar-refractivity contribution in [2.75, 3.05) is 0 Å². The third-order valence-corrected chi connectivity index (χ3v) is 4.34. The van der Waals surface area contributed by atoms with Gasteiger partial charge in [-0.1, -0.05) is 53.7 Å². The molecule has 0 bridgehead atoms. The van der Waals surface area contributed by atoms with Gasteiger partial charge >= 0.3 is 5.97 Å². The van der Waals surface area contributed by atoms with Crippen LogP contribution in [0.3, 0.4) is 0 Å². The van der Waals surface area contributed by atoms with Gasteiger partial charge < -0.3 is 15.0 Å². The van der Waals surface area contributed by atoms with E-state index in [1.165, 1.54) is 0 Å². The van der Waals surface area contributed by atoms with Crippen LogP contribution in [0.5, 0.6) is 0 Å². The molecule has 0 aliphatic rings. The van der Waals surface area contributed by atoms with E-state index in [-0.39, 0.29) is 5.84 Å². The number of nitrogens with two attached hydrogens (primary N) is 1. The molecule has 148 valence electrons. The maximum absolute atomic E-state index is 11.8. The lowest BCUT2D eigenvalue weighted by Gasteiger charge is -2.00. The van der Waals surface area contributed by atoms with Crippen LogP contribution in [0, 0.1) is 0 Å². The van der Waals surface area contributed by atoms with Crippen LogP contribution in [-0.2, 0) is 4.84 Å². The molecule has 1 heterocycles. The quantitative estimate of drug-likeness (QED) is 0.166. The summed E-state index contributed by atoms with van der Waals surface area (Å²) in [7, 11) is 0. The van der Waals surface area contributed by atoms with Gasteiger partial charge in [-0.25, -0.2) is 9.78 Å². The molecule has 0 amide bonds. The molecule has 2 N–H and O–H groups in total. The Morgan fingerprint density at radius 3 is 2.23 bits per heavy atom. The average molecular weight is 397 g/mol. The van der Waals surface area contributed by atoms with Gasteiger partial charge in [0.2, 0.25) is 5.89 Å². The van der Waals surface area contributed by atoms with Gasteiger partial charge in [0.05, 0.1) is 5.56 Å². The Morgan fingerprint density at radius 1 is 0.967 bits per heavy atom. The first-order chi connectivity index (χ1) is 14.6. The number of amidine groups is 1. The normalized spacial score (nSPS) is 11.8. The zero-order valence-corrected chi connectivity index (χ0v) is 16.3. The first kappa shape index (κ1) is 19.1. The van der Waals surface area contributed by atoms with E-state index in [0.717, 1.165) is 27.8 Å². The van der Waals surface area contributed by atoms with E-state index in [1.807, 2.05) is 72.8 Å². The smallest absolute Gasteiger partial charge is 0.365 e. The highest BCUT2D eigenvalue weighted by atomic mass is 16.7. The van der Waals surface area contributed by atoms with Gasteiger partial charge in [0.15, 0.2) is 5.58 Å². The second-order valence-corrected chi connectivity index (χ2v) is 6.68. The number of carbonyl (C=O) groups excluding carboxylic acids is 1. The maximum Gasteiger partial charge on any atom is 0.365 e. The summed E-state index contributed by atoms with van der Waals surface area (Å²) in [5.41, 5.74) is 10.3.